The standard InChI is InChI=1S/C29H26N4O7S2/c34-27(29(36)31-14-15-32-42(37,38)26-12-11-25(41-26)21-8-4-5-13-30-21)22(16-19-6-2-1-3-7-19)33-28(35)20-9-10-23-24(17-20)40-18-39-23/h1-13,17,22,32H,14-16,18H2,(H,31,36)(H,33,35)/t22-/m0/s1. The Bertz CT molecular complexity index is 1690. The molecule has 216 valence electrons. The third kappa shape index (κ3) is 7.00. The highest BCUT2D eigenvalue weighted by Gasteiger charge is 2.28. The molecular weight excluding hydrogens is 580 g/mol. The molecule has 0 saturated carbocycles. The van der Waals surface area contributed by atoms with Gasteiger partial charge in [-0.25, -0.2) is 13.1 Å². The van der Waals surface area contributed by atoms with Gasteiger partial charge in [0.25, 0.3) is 11.8 Å². The van der Waals surface area contributed by atoms with Crippen LogP contribution in [0.2, 0.25) is 0 Å². The SMILES string of the molecule is O=C(NCCNS(=O)(=O)c1ccc(-c2ccccn2)s1)C(=O)[C@H](Cc1ccccc1)NC(=O)c1ccc2c(c1)OCO2. The molecule has 0 saturated heterocycles. The van der Waals surface area contributed by atoms with Gasteiger partial charge in [-0.05, 0) is 48.0 Å². The number of ether oxygens (including phenoxy) is 2. The number of Topliss-reactive ketones (excluding diaryl/α,β-unsaturated/α-hetero) is 1. The van der Waals surface area contributed by atoms with Gasteiger partial charge >= 0.3 is 0 Å². The van der Waals surface area contributed by atoms with Crippen LogP contribution < -0.4 is 24.8 Å². The van der Waals surface area contributed by atoms with Crippen LogP contribution in [0.5, 0.6) is 11.5 Å². The minimum absolute atomic E-state index is 0.0470. The molecule has 2 aromatic carbocycles. The molecule has 3 heterocycles. The number of nitrogens with one attached hydrogen (secondary N) is 3. The average molecular weight is 607 g/mol. The third-order valence-corrected chi connectivity index (χ3v) is 9.29. The lowest BCUT2D eigenvalue weighted by atomic mass is 10.0. The summed E-state index contributed by atoms with van der Waals surface area (Å²) in [6, 6.07) is 20.9. The van der Waals surface area contributed by atoms with Crippen LogP contribution in [0.3, 0.4) is 0 Å². The number of hydrogen-bond donors (Lipinski definition) is 3. The molecule has 0 fully saturated rings. The molecule has 42 heavy (non-hydrogen) atoms. The van der Waals surface area contributed by atoms with E-state index in [1.54, 1.807) is 54.7 Å². The number of nitrogens with zero attached hydrogens (tertiary/aromatic N) is 1. The first-order chi connectivity index (χ1) is 20.3. The zero-order valence-electron chi connectivity index (χ0n) is 22.1. The van der Waals surface area contributed by atoms with E-state index in [1.807, 2.05) is 12.1 Å². The van der Waals surface area contributed by atoms with Gasteiger partial charge in [0.15, 0.2) is 11.5 Å². The van der Waals surface area contributed by atoms with Gasteiger partial charge in [0.2, 0.25) is 22.6 Å². The molecule has 11 nitrogen and oxygen atoms in total. The van der Waals surface area contributed by atoms with Crippen molar-refractivity contribution in [3.05, 3.63) is 96.2 Å². The lowest BCUT2D eigenvalue weighted by Gasteiger charge is -2.18. The quantitative estimate of drug-likeness (QED) is 0.164. The lowest BCUT2D eigenvalue weighted by Crippen LogP contribution is -2.49. The van der Waals surface area contributed by atoms with Crippen LogP contribution in [0, 0.1) is 0 Å². The maximum Gasteiger partial charge on any atom is 0.289 e. The molecule has 0 spiro atoms. The second-order valence-electron chi connectivity index (χ2n) is 9.14. The second-order valence-corrected chi connectivity index (χ2v) is 12.2. The summed E-state index contributed by atoms with van der Waals surface area (Å²) < 4.78 is 38.6. The normalized spacial score (nSPS) is 12.9. The van der Waals surface area contributed by atoms with Gasteiger partial charge in [0.1, 0.15) is 10.3 Å². The van der Waals surface area contributed by atoms with Crippen LogP contribution in [0.1, 0.15) is 15.9 Å². The van der Waals surface area contributed by atoms with Gasteiger partial charge < -0.3 is 20.1 Å². The number of sulfonamides is 1. The number of aromatic nitrogens is 1. The summed E-state index contributed by atoms with van der Waals surface area (Å²) in [5.74, 6) is -1.47. The van der Waals surface area contributed by atoms with E-state index < -0.39 is 33.7 Å². The summed E-state index contributed by atoms with van der Waals surface area (Å²) in [6.07, 6.45) is 1.70. The van der Waals surface area contributed by atoms with Gasteiger partial charge in [-0.2, -0.15) is 0 Å². The van der Waals surface area contributed by atoms with E-state index in [2.05, 4.69) is 20.3 Å². The van der Waals surface area contributed by atoms with Crippen molar-refractivity contribution in [2.75, 3.05) is 19.9 Å². The van der Waals surface area contributed by atoms with Crippen molar-refractivity contribution in [2.24, 2.45) is 0 Å². The van der Waals surface area contributed by atoms with Crippen molar-refractivity contribution in [3.63, 3.8) is 0 Å². The first-order valence-electron chi connectivity index (χ1n) is 12.9. The predicted octanol–water partition coefficient (Wildman–Crippen LogP) is 2.54. The fourth-order valence-corrected chi connectivity index (χ4v) is 6.49. The smallest absolute Gasteiger partial charge is 0.289 e. The zero-order valence-corrected chi connectivity index (χ0v) is 23.7. The van der Waals surface area contributed by atoms with Gasteiger partial charge in [-0.1, -0.05) is 36.4 Å². The summed E-state index contributed by atoms with van der Waals surface area (Å²) in [4.78, 5) is 43.8. The topological polar surface area (TPSA) is 153 Å². The van der Waals surface area contributed by atoms with Crippen LogP contribution in [0.25, 0.3) is 10.6 Å². The zero-order chi connectivity index (χ0) is 29.5. The molecule has 1 aliphatic rings. The third-order valence-electron chi connectivity index (χ3n) is 6.23. The Balaban J connectivity index is 1.18. The Morgan fingerprint density at radius 2 is 1.69 bits per heavy atom. The van der Waals surface area contributed by atoms with Crippen LogP contribution in [0.15, 0.2) is 89.3 Å². The van der Waals surface area contributed by atoms with Crippen molar-refractivity contribution < 1.29 is 32.3 Å². The van der Waals surface area contributed by atoms with Crippen LogP contribution >= 0.6 is 11.3 Å². The summed E-state index contributed by atoms with van der Waals surface area (Å²) in [7, 11) is -3.85. The fraction of sp³-hybridized carbons (Fsp3) is 0.172. The fourth-order valence-electron chi connectivity index (χ4n) is 4.13. The first-order valence-corrected chi connectivity index (χ1v) is 15.2. The highest BCUT2D eigenvalue weighted by Crippen LogP contribution is 2.32. The highest BCUT2D eigenvalue weighted by atomic mass is 32.2. The largest absolute Gasteiger partial charge is 0.454 e. The number of carbonyl (C=O) groups excluding carboxylic acids is 3. The van der Waals surface area contributed by atoms with Gasteiger partial charge in [-0.15, -0.1) is 11.3 Å². The molecular formula is C29H26N4O7S2. The first kappa shape index (κ1) is 28.9. The van der Waals surface area contributed by atoms with Crippen LogP contribution in [-0.2, 0) is 26.0 Å². The minimum atomic E-state index is -3.85. The Kier molecular flexibility index (Phi) is 8.91. The van der Waals surface area contributed by atoms with E-state index in [-0.39, 0.29) is 36.1 Å². The van der Waals surface area contributed by atoms with Gasteiger partial charge in [0.05, 0.1) is 10.6 Å². The number of fused-ring (bicyclic) bond motifs is 1. The number of thiophene rings is 1. The number of pyridine rings is 1. The van der Waals surface area contributed by atoms with Crippen molar-refractivity contribution in [1.29, 1.82) is 0 Å². The molecule has 13 heteroatoms. The molecule has 0 unspecified atom stereocenters. The molecule has 3 N–H and O–H groups in total. The van der Waals surface area contributed by atoms with Crippen molar-refractivity contribution >= 4 is 39.0 Å². The van der Waals surface area contributed by atoms with Crippen molar-refractivity contribution in [3.8, 4) is 22.1 Å². The number of carbonyl (C=O) groups is 3. The molecule has 2 aromatic heterocycles. The number of benzene rings is 2. The minimum Gasteiger partial charge on any atom is -0.454 e. The molecule has 5 rings (SSSR count). The monoisotopic (exact) mass is 606 g/mol. The van der Waals surface area contributed by atoms with E-state index >= 15 is 0 Å². The Labute approximate surface area is 245 Å². The van der Waals surface area contributed by atoms with Crippen LogP contribution in [0.4, 0.5) is 0 Å². The maximum atomic E-state index is 13.1. The van der Waals surface area contributed by atoms with E-state index in [0.29, 0.717) is 22.1 Å². The Hall–Kier alpha value is -4.59. The Morgan fingerprint density at radius 1 is 0.905 bits per heavy atom. The van der Waals surface area contributed by atoms with Crippen molar-refractivity contribution in [1.82, 2.24) is 20.3 Å². The van der Waals surface area contributed by atoms with Gasteiger partial charge in [-0.3, -0.25) is 19.4 Å². The van der Waals surface area contributed by atoms with Crippen molar-refractivity contribution in [2.45, 2.75) is 16.7 Å². The molecule has 0 bridgehead atoms. The molecule has 0 aliphatic carbocycles. The summed E-state index contributed by atoms with van der Waals surface area (Å²) in [6.45, 7) is -0.243. The second kappa shape index (κ2) is 12.9. The average Bonchev–Trinajstić information content (AvgIpc) is 3.70. The number of amides is 2. The molecule has 2 amide bonds. The van der Waals surface area contributed by atoms with E-state index in [1.165, 1.54) is 18.2 Å². The number of ketones is 1. The maximum absolute atomic E-state index is 13.1. The molecule has 1 aliphatic heterocycles. The molecule has 1 atom stereocenters. The predicted molar refractivity (Wildman–Crippen MR) is 155 cm³/mol. The Morgan fingerprint density at radius 3 is 2.48 bits per heavy atom. The van der Waals surface area contributed by atoms with E-state index in [4.69, 9.17) is 9.47 Å². The lowest BCUT2D eigenvalue weighted by molar-refractivity contribution is -0.138. The van der Waals surface area contributed by atoms with Crippen LogP contribution in [-0.4, -0.2) is 56.9 Å². The molecule has 0 radical (unpaired) electrons. The molecule has 4 aromatic rings. The summed E-state index contributed by atoms with van der Waals surface area (Å²) in [5.41, 5.74) is 1.63. The summed E-state index contributed by atoms with van der Waals surface area (Å²) >= 11 is 1.07. The van der Waals surface area contributed by atoms with Gasteiger partial charge in [0, 0.05) is 31.3 Å². The number of hydrogen-bond acceptors (Lipinski definition) is 9. The number of rotatable bonds is 12. The highest BCUT2D eigenvalue weighted by molar-refractivity contribution is 7.91. The van der Waals surface area contributed by atoms with E-state index in [9.17, 15) is 22.8 Å². The van der Waals surface area contributed by atoms with E-state index in [0.717, 1.165) is 16.9 Å². The summed E-state index contributed by atoms with van der Waals surface area (Å²) in [5, 5.41) is 5.09.